The zero-order valence-corrected chi connectivity index (χ0v) is 25.8. The van der Waals surface area contributed by atoms with Crippen molar-refractivity contribution < 1.29 is 14.0 Å². The van der Waals surface area contributed by atoms with Crippen LogP contribution in [-0.4, -0.2) is 59.3 Å². The van der Waals surface area contributed by atoms with E-state index in [0.29, 0.717) is 67.1 Å². The molecule has 0 aliphatic heterocycles. The zero-order chi connectivity index (χ0) is 31.5. The minimum absolute atomic E-state index is 0.0121. The highest BCUT2D eigenvalue weighted by Crippen LogP contribution is 2.28. The predicted molar refractivity (Wildman–Crippen MR) is 174 cm³/mol. The number of anilines is 3. The van der Waals surface area contributed by atoms with Crippen molar-refractivity contribution in [1.82, 2.24) is 25.0 Å². The van der Waals surface area contributed by atoms with Gasteiger partial charge in [-0.2, -0.15) is 0 Å². The van der Waals surface area contributed by atoms with Crippen LogP contribution in [0.25, 0.3) is 16.9 Å². The molecule has 6 N–H and O–H groups in total. The fourth-order valence-electron chi connectivity index (χ4n) is 5.29. The number of fused-ring (bicyclic) bond motifs is 1. The number of hydrogen-bond donors (Lipinski definition) is 5. The van der Waals surface area contributed by atoms with E-state index in [1.54, 1.807) is 31.7 Å². The van der Waals surface area contributed by atoms with Crippen LogP contribution in [0, 0.1) is 18.7 Å². The van der Waals surface area contributed by atoms with Crippen molar-refractivity contribution in [1.29, 1.82) is 0 Å². The summed E-state index contributed by atoms with van der Waals surface area (Å²) < 4.78 is 16.3. The number of halogens is 1. The molecule has 1 amide bonds. The van der Waals surface area contributed by atoms with Crippen LogP contribution in [0.4, 0.5) is 21.6 Å². The molecule has 4 rings (SSSR count). The topological polar surface area (TPSA) is 138 Å². The first-order valence-corrected chi connectivity index (χ1v) is 15.2. The Kier molecular flexibility index (Phi) is 11.8. The standard InChI is InChI=1S/C33H43FN8O2/c1-4-37-15-6-16-39-33(44)23(13-14-35)7-5-8-30(43)26-11-10-25(19-22(26)2)41-31-32-40-21-29(42(32)18-17-38-31)24-9-12-28(36-3)27(34)20-24/h9-12,17-21,23,36-37H,4-8,13-16,35H2,1-3H3,(H,38,41)(H,39,44). The van der Waals surface area contributed by atoms with Crippen molar-refractivity contribution in [3.05, 3.63) is 71.9 Å². The van der Waals surface area contributed by atoms with E-state index in [2.05, 4.69) is 38.2 Å². The minimum Gasteiger partial charge on any atom is -0.386 e. The third-order valence-corrected chi connectivity index (χ3v) is 7.67. The molecule has 0 spiro atoms. The number of carbonyl (C=O) groups excluding carboxylic acids is 2. The maximum atomic E-state index is 14.4. The molecule has 4 aromatic rings. The zero-order valence-electron chi connectivity index (χ0n) is 25.8. The normalized spacial score (nSPS) is 11.8. The van der Waals surface area contributed by atoms with Crippen LogP contribution in [-0.2, 0) is 4.79 Å². The number of aromatic nitrogens is 3. The monoisotopic (exact) mass is 602 g/mol. The highest BCUT2D eigenvalue weighted by Gasteiger charge is 2.19. The minimum atomic E-state index is -0.343. The molecule has 0 saturated heterocycles. The van der Waals surface area contributed by atoms with Crippen molar-refractivity contribution in [3.63, 3.8) is 0 Å². The summed E-state index contributed by atoms with van der Waals surface area (Å²) in [5.41, 5.74) is 10.5. The number of hydrogen-bond acceptors (Lipinski definition) is 8. The number of nitrogens with zero attached hydrogens (tertiary/aromatic N) is 3. The van der Waals surface area contributed by atoms with Gasteiger partial charge in [-0.05, 0) is 88.1 Å². The number of amides is 1. The van der Waals surface area contributed by atoms with Crippen LogP contribution in [0.1, 0.15) is 54.9 Å². The molecule has 0 aliphatic rings. The first kappa shape index (κ1) is 32.6. The fraction of sp³-hybridized carbons (Fsp3) is 0.394. The summed E-state index contributed by atoms with van der Waals surface area (Å²) in [6.45, 7) is 6.79. The SMILES string of the molecule is CCNCCCNC(=O)C(CCN)CCCC(=O)c1ccc(Nc2nccn3c(-c4ccc(NC)c(F)c4)cnc23)cc1C. The molecule has 0 saturated carbocycles. The average molecular weight is 603 g/mol. The van der Waals surface area contributed by atoms with Gasteiger partial charge in [0.15, 0.2) is 17.2 Å². The molecule has 1 unspecified atom stereocenters. The van der Waals surface area contributed by atoms with Crippen LogP contribution in [0.3, 0.4) is 0 Å². The summed E-state index contributed by atoms with van der Waals surface area (Å²) in [6.07, 6.45) is 8.20. The second-order valence-electron chi connectivity index (χ2n) is 10.8. The summed E-state index contributed by atoms with van der Waals surface area (Å²) in [5.74, 6) is 0.0592. The van der Waals surface area contributed by atoms with Crippen LogP contribution < -0.4 is 27.0 Å². The third kappa shape index (κ3) is 8.18. The van der Waals surface area contributed by atoms with Gasteiger partial charge in [-0.3, -0.25) is 14.0 Å². The van der Waals surface area contributed by atoms with Crippen molar-refractivity contribution in [2.75, 3.05) is 43.9 Å². The number of nitrogens with two attached hydrogens (primary N) is 1. The van der Waals surface area contributed by atoms with Crippen molar-refractivity contribution in [2.45, 2.75) is 46.0 Å². The van der Waals surface area contributed by atoms with E-state index in [-0.39, 0.29) is 23.4 Å². The number of imidazole rings is 1. The van der Waals surface area contributed by atoms with Gasteiger partial charge in [-0.25, -0.2) is 14.4 Å². The Hall–Kier alpha value is -4.35. The van der Waals surface area contributed by atoms with Gasteiger partial charge in [0.1, 0.15) is 5.82 Å². The Morgan fingerprint density at radius 2 is 1.91 bits per heavy atom. The smallest absolute Gasteiger partial charge is 0.223 e. The van der Waals surface area contributed by atoms with Gasteiger partial charge < -0.3 is 27.0 Å². The van der Waals surface area contributed by atoms with Gasteiger partial charge in [-0.15, -0.1) is 0 Å². The molecular formula is C33H43FN8O2. The molecule has 0 radical (unpaired) electrons. The van der Waals surface area contributed by atoms with E-state index < -0.39 is 0 Å². The second-order valence-corrected chi connectivity index (χ2v) is 10.8. The number of benzene rings is 2. The van der Waals surface area contributed by atoms with Crippen LogP contribution in [0.5, 0.6) is 0 Å². The van der Waals surface area contributed by atoms with Gasteiger partial charge in [0.05, 0.1) is 17.6 Å². The van der Waals surface area contributed by atoms with Crippen molar-refractivity contribution >= 4 is 34.5 Å². The molecule has 2 aromatic carbocycles. The van der Waals surface area contributed by atoms with Gasteiger partial charge >= 0.3 is 0 Å². The largest absolute Gasteiger partial charge is 0.386 e. The van der Waals surface area contributed by atoms with Crippen LogP contribution in [0.15, 0.2) is 55.0 Å². The number of aryl methyl sites for hydroxylation is 1. The molecule has 10 nitrogen and oxygen atoms in total. The Bertz CT molecular complexity index is 1570. The molecule has 0 bridgehead atoms. The molecule has 1 atom stereocenters. The van der Waals surface area contributed by atoms with Crippen molar-refractivity contribution in [2.24, 2.45) is 11.7 Å². The Balaban J connectivity index is 1.37. The van der Waals surface area contributed by atoms with Gasteiger partial charge in [0, 0.05) is 55.1 Å². The Morgan fingerprint density at radius 1 is 1.07 bits per heavy atom. The lowest BCUT2D eigenvalue weighted by atomic mass is 9.94. The number of ketones is 1. The maximum absolute atomic E-state index is 14.4. The summed E-state index contributed by atoms with van der Waals surface area (Å²) in [4.78, 5) is 34.7. The molecule has 234 valence electrons. The Labute approximate surface area is 258 Å². The maximum Gasteiger partial charge on any atom is 0.223 e. The van der Waals surface area contributed by atoms with E-state index in [4.69, 9.17) is 5.73 Å². The van der Waals surface area contributed by atoms with E-state index in [1.807, 2.05) is 35.6 Å². The lowest BCUT2D eigenvalue weighted by molar-refractivity contribution is -0.125. The Morgan fingerprint density at radius 3 is 2.64 bits per heavy atom. The molecule has 0 fully saturated rings. The quantitative estimate of drug-likeness (QED) is 0.0835. The highest BCUT2D eigenvalue weighted by atomic mass is 19.1. The van der Waals surface area contributed by atoms with Crippen LogP contribution in [0.2, 0.25) is 0 Å². The first-order valence-electron chi connectivity index (χ1n) is 15.2. The molecule has 2 aromatic heterocycles. The predicted octanol–water partition coefficient (Wildman–Crippen LogP) is 5.06. The lowest BCUT2D eigenvalue weighted by Crippen LogP contribution is -2.34. The highest BCUT2D eigenvalue weighted by molar-refractivity contribution is 5.98. The number of nitrogens with one attached hydrogen (secondary N) is 4. The van der Waals surface area contributed by atoms with E-state index >= 15 is 0 Å². The van der Waals surface area contributed by atoms with E-state index in [9.17, 15) is 14.0 Å². The summed E-state index contributed by atoms with van der Waals surface area (Å²) in [6, 6.07) is 10.6. The lowest BCUT2D eigenvalue weighted by Gasteiger charge is -2.16. The van der Waals surface area contributed by atoms with Gasteiger partial charge in [0.2, 0.25) is 5.91 Å². The molecular weight excluding hydrogens is 559 g/mol. The van der Waals surface area contributed by atoms with Crippen molar-refractivity contribution in [3.8, 4) is 11.3 Å². The molecule has 0 aliphatic carbocycles. The number of carbonyl (C=O) groups is 2. The molecule has 2 heterocycles. The van der Waals surface area contributed by atoms with Crippen LogP contribution >= 0.6 is 0 Å². The summed E-state index contributed by atoms with van der Waals surface area (Å²) in [5, 5.41) is 12.4. The second kappa shape index (κ2) is 15.9. The summed E-state index contributed by atoms with van der Waals surface area (Å²) >= 11 is 0. The first-order chi connectivity index (χ1) is 21.4. The van der Waals surface area contributed by atoms with Gasteiger partial charge in [0.25, 0.3) is 0 Å². The molecule has 44 heavy (non-hydrogen) atoms. The van der Waals surface area contributed by atoms with Gasteiger partial charge in [-0.1, -0.05) is 13.0 Å². The van der Waals surface area contributed by atoms with E-state index in [0.717, 1.165) is 36.5 Å². The number of rotatable bonds is 17. The van der Waals surface area contributed by atoms with E-state index in [1.165, 1.54) is 6.07 Å². The number of Topliss-reactive ketones (excluding diaryl/α,β-unsaturated/α-hetero) is 1. The summed E-state index contributed by atoms with van der Waals surface area (Å²) in [7, 11) is 1.68. The molecule has 11 heteroatoms. The average Bonchev–Trinajstić information content (AvgIpc) is 3.45. The fourth-order valence-corrected chi connectivity index (χ4v) is 5.29. The third-order valence-electron chi connectivity index (χ3n) is 7.67.